The van der Waals surface area contributed by atoms with E-state index < -0.39 is 0 Å². The lowest BCUT2D eigenvalue weighted by Gasteiger charge is -2.40. The second-order valence-electron chi connectivity index (χ2n) is 9.99. The molecule has 2 heterocycles. The quantitative estimate of drug-likeness (QED) is 0.444. The van der Waals surface area contributed by atoms with Gasteiger partial charge in [-0.25, -0.2) is 0 Å². The second-order valence-corrected chi connectivity index (χ2v) is 12.1. The number of carbonyl (C=O) groups is 1. The minimum Gasteiger partial charge on any atom is -0.497 e. The average molecular weight is 539 g/mol. The second kappa shape index (κ2) is 9.76. The highest BCUT2D eigenvalue weighted by Gasteiger charge is 2.55. The number of carbonyl (C=O) groups excluding carboxylic acids is 1. The van der Waals surface area contributed by atoms with E-state index in [0.29, 0.717) is 40.2 Å². The van der Waals surface area contributed by atoms with Crippen molar-refractivity contribution in [1.82, 2.24) is 4.57 Å². The zero-order chi connectivity index (χ0) is 25.7. The third-order valence-electron chi connectivity index (χ3n) is 8.13. The van der Waals surface area contributed by atoms with Gasteiger partial charge in [-0.2, -0.15) is 0 Å². The number of amides is 1. The molecule has 1 aromatic heterocycles. The van der Waals surface area contributed by atoms with Gasteiger partial charge < -0.3 is 19.5 Å². The Balaban J connectivity index is 1.35. The first kappa shape index (κ1) is 24.4. The van der Waals surface area contributed by atoms with Gasteiger partial charge in [0.15, 0.2) is 11.5 Å². The fraction of sp³-hybridized carbons (Fsp3) is 0.429. The van der Waals surface area contributed by atoms with Crippen LogP contribution in [0.4, 0.5) is 5.69 Å². The Bertz CT molecular complexity index is 1380. The molecule has 9 heteroatoms. The Kier molecular flexibility index (Phi) is 6.44. The maximum Gasteiger partial charge on any atom is 0.308 e. The predicted molar refractivity (Wildman–Crippen MR) is 146 cm³/mol. The molecule has 0 radical (unpaired) electrons. The van der Waals surface area contributed by atoms with Crippen LogP contribution in [0.3, 0.4) is 0 Å². The van der Waals surface area contributed by atoms with Gasteiger partial charge in [-0.1, -0.05) is 17.4 Å². The number of rotatable bonds is 7. The zero-order valence-corrected chi connectivity index (χ0v) is 22.7. The molecule has 2 saturated carbocycles. The van der Waals surface area contributed by atoms with Gasteiger partial charge in [0.1, 0.15) is 12.3 Å². The van der Waals surface area contributed by atoms with Crippen LogP contribution in [0, 0.1) is 17.8 Å². The first-order valence-corrected chi connectivity index (χ1v) is 14.3. The number of aromatic nitrogens is 1. The number of methoxy groups -OCH3 is 3. The van der Waals surface area contributed by atoms with Gasteiger partial charge in [0.2, 0.25) is 5.91 Å². The summed E-state index contributed by atoms with van der Waals surface area (Å²) in [6.45, 7) is -0.00612. The molecule has 2 aliphatic carbocycles. The third kappa shape index (κ3) is 4.22. The van der Waals surface area contributed by atoms with Gasteiger partial charge in [0.05, 0.1) is 26.4 Å². The van der Waals surface area contributed by atoms with E-state index in [1.807, 2.05) is 17.8 Å². The highest BCUT2D eigenvalue weighted by atomic mass is 32.2. The third-order valence-corrected chi connectivity index (χ3v) is 11.0. The number of anilines is 1. The molecule has 0 spiro atoms. The van der Waals surface area contributed by atoms with Crippen LogP contribution in [0.2, 0.25) is 0 Å². The molecule has 1 N–H and O–H groups in total. The number of thiazole rings is 1. The zero-order valence-electron chi connectivity index (χ0n) is 21.1. The summed E-state index contributed by atoms with van der Waals surface area (Å²) in [5.41, 5.74) is 1.82. The molecule has 2 fully saturated rings. The summed E-state index contributed by atoms with van der Waals surface area (Å²) >= 11 is 3.12. The van der Waals surface area contributed by atoms with E-state index in [0.717, 1.165) is 21.2 Å². The number of nitrogens with zero attached hydrogens (tertiary/aromatic N) is 1. The van der Waals surface area contributed by atoms with Gasteiger partial charge >= 0.3 is 4.87 Å². The largest absolute Gasteiger partial charge is 0.497 e. The number of hydrogen-bond donors (Lipinski definition) is 1. The molecular weight excluding hydrogens is 508 g/mol. The van der Waals surface area contributed by atoms with E-state index in [4.69, 9.17) is 14.2 Å². The van der Waals surface area contributed by atoms with Gasteiger partial charge in [-0.05, 0) is 79.0 Å². The molecule has 0 saturated heterocycles. The van der Waals surface area contributed by atoms with Crippen molar-refractivity contribution in [2.24, 2.45) is 17.8 Å². The molecule has 1 amide bonds. The molecule has 6 rings (SSSR count). The Morgan fingerprint density at radius 1 is 1.00 bits per heavy atom. The van der Waals surface area contributed by atoms with Crippen LogP contribution in [0.5, 0.6) is 17.2 Å². The fourth-order valence-corrected chi connectivity index (χ4v) is 9.68. The van der Waals surface area contributed by atoms with Crippen LogP contribution in [0.25, 0.3) is 0 Å². The Morgan fingerprint density at radius 2 is 1.76 bits per heavy atom. The SMILES string of the molecule is COc1ccc(NC(=O)Cn2c3c(sc2=O)[C@@H](c2ccc(OC)c(OC)c2)[C@@H]2[C@H]4CC[C@@H](C4)[C@H]2S3)cc1. The predicted octanol–water partition coefficient (Wildman–Crippen LogP) is 5.23. The van der Waals surface area contributed by atoms with Crippen molar-refractivity contribution < 1.29 is 19.0 Å². The summed E-state index contributed by atoms with van der Waals surface area (Å²) in [5, 5.41) is 4.33. The molecular formula is C28H30N2O5S2. The van der Waals surface area contributed by atoms with Crippen LogP contribution in [-0.2, 0) is 11.3 Å². The van der Waals surface area contributed by atoms with E-state index in [-0.39, 0.29) is 23.2 Å². The van der Waals surface area contributed by atoms with Gasteiger partial charge in [-0.3, -0.25) is 14.2 Å². The maximum atomic E-state index is 13.3. The molecule has 1 aliphatic heterocycles. The first-order valence-electron chi connectivity index (χ1n) is 12.6. The molecule has 194 valence electrons. The summed E-state index contributed by atoms with van der Waals surface area (Å²) < 4.78 is 18.0. The van der Waals surface area contributed by atoms with Crippen LogP contribution in [-0.4, -0.2) is 37.1 Å². The Morgan fingerprint density at radius 3 is 2.49 bits per heavy atom. The standard InChI is InChI=1S/C28H30N2O5S2/c1-33-19-9-7-18(8-10-19)29-22(31)14-30-27-26(37-28(30)32)24(16-6-11-20(34-2)21(13-16)35-3)23-15-4-5-17(12-15)25(23)36-27/h6-11,13,15,17,23-25H,4-5,12,14H2,1-3H3,(H,29,31)/t15-,17-,23-,24-,25+/m0/s1. The number of thioether (sulfide) groups is 1. The number of nitrogens with one attached hydrogen (secondary N) is 1. The highest BCUT2D eigenvalue weighted by Crippen LogP contribution is 2.64. The van der Waals surface area contributed by atoms with Gasteiger partial charge in [0, 0.05) is 21.7 Å². The maximum absolute atomic E-state index is 13.3. The Labute approximate surface area is 224 Å². The molecule has 2 bridgehead atoms. The first-order chi connectivity index (χ1) is 18.0. The molecule has 0 unspecified atom stereocenters. The van der Waals surface area contributed by atoms with E-state index in [1.165, 1.54) is 30.6 Å². The van der Waals surface area contributed by atoms with Crippen molar-refractivity contribution in [2.45, 2.75) is 42.0 Å². The van der Waals surface area contributed by atoms with E-state index in [9.17, 15) is 9.59 Å². The van der Waals surface area contributed by atoms with Crippen LogP contribution >= 0.6 is 23.1 Å². The number of fused-ring (bicyclic) bond motifs is 6. The smallest absolute Gasteiger partial charge is 0.308 e. The molecule has 5 atom stereocenters. The van der Waals surface area contributed by atoms with Crippen LogP contribution < -0.4 is 24.4 Å². The minimum atomic E-state index is -0.216. The van der Waals surface area contributed by atoms with Crippen molar-refractivity contribution in [3.63, 3.8) is 0 Å². The van der Waals surface area contributed by atoms with Crippen LogP contribution in [0.15, 0.2) is 52.3 Å². The van der Waals surface area contributed by atoms with Crippen molar-refractivity contribution in [2.75, 3.05) is 26.6 Å². The summed E-state index contributed by atoms with van der Waals surface area (Å²) in [4.78, 5) is 27.3. The summed E-state index contributed by atoms with van der Waals surface area (Å²) in [6, 6.07) is 13.3. The van der Waals surface area contributed by atoms with Gasteiger partial charge in [-0.15, -0.1) is 11.8 Å². The van der Waals surface area contributed by atoms with E-state index >= 15 is 0 Å². The van der Waals surface area contributed by atoms with Crippen molar-refractivity contribution in [3.05, 3.63) is 62.6 Å². The molecule has 37 heavy (non-hydrogen) atoms. The van der Waals surface area contributed by atoms with Gasteiger partial charge in [0.25, 0.3) is 0 Å². The average Bonchev–Trinajstić information content (AvgIpc) is 3.62. The van der Waals surface area contributed by atoms with Crippen LogP contribution in [0.1, 0.15) is 35.6 Å². The van der Waals surface area contributed by atoms with Crippen molar-refractivity contribution in [1.29, 1.82) is 0 Å². The molecule has 3 aromatic rings. The summed E-state index contributed by atoms with van der Waals surface area (Å²) in [6.07, 6.45) is 3.76. The normalized spacial score (nSPS) is 25.3. The number of benzene rings is 2. The minimum absolute atomic E-state index is 0.00612. The molecule has 2 aromatic carbocycles. The lowest BCUT2D eigenvalue weighted by Crippen LogP contribution is -2.34. The Hall–Kier alpha value is -2.91. The monoisotopic (exact) mass is 538 g/mol. The lowest BCUT2D eigenvalue weighted by molar-refractivity contribution is -0.116. The van der Waals surface area contributed by atoms with Crippen molar-refractivity contribution >= 4 is 34.7 Å². The molecule has 7 nitrogen and oxygen atoms in total. The fourth-order valence-electron chi connectivity index (χ4n) is 6.53. The van der Waals surface area contributed by atoms with Crippen molar-refractivity contribution in [3.8, 4) is 17.2 Å². The topological polar surface area (TPSA) is 78.8 Å². The highest BCUT2D eigenvalue weighted by molar-refractivity contribution is 8.00. The number of ether oxygens (including phenoxy) is 3. The van der Waals surface area contributed by atoms with E-state index in [1.54, 1.807) is 50.2 Å². The summed E-state index contributed by atoms with van der Waals surface area (Å²) in [7, 11) is 4.90. The molecule has 3 aliphatic rings. The summed E-state index contributed by atoms with van der Waals surface area (Å²) in [5.74, 6) is 3.82. The lowest BCUT2D eigenvalue weighted by atomic mass is 9.75. The number of hydrogen-bond acceptors (Lipinski definition) is 7. The van der Waals surface area contributed by atoms with E-state index in [2.05, 4.69) is 17.4 Å².